The first-order chi connectivity index (χ1) is 8.95. The summed E-state index contributed by atoms with van der Waals surface area (Å²) in [6.45, 7) is 4.15. The Morgan fingerprint density at radius 3 is 2.32 bits per heavy atom. The van der Waals surface area contributed by atoms with Crippen molar-refractivity contribution in [3.63, 3.8) is 0 Å². The fraction of sp³-hybridized carbons (Fsp3) is 0.562. The third kappa shape index (κ3) is 2.33. The van der Waals surface area contributed by atoms with E-state index < -0.39 is 0 Å². The monoisotopic (exact) mass is 258 g/mol. The first kappa shape index (κ1) is 13.9. The molecule has 0 N–H and O–H groups in total. The molecule has 0 saturated heterocycles. The van der Waals surface area contributed by atoms with Gasteiger partial charge in [0.2, 0.25) is 0 Å². The highest BCUT2D eigenvalue weighted by molar-refractivity contribution is 5.44. The van der Waals surface area contributed by atoms with E-state index in [1.54, 1.807) is 7.11 Å². The molecule has 0 spiro atoms. The molecule has 3 nitrogen and oxygen atoms in total. The SMILES string of the molecule is COc1cc(C)c(C(N(C)C)C2(C#N)CC2)cc1C. The molecule has 0 aromatic heterocycles. The molecule has 1 aliphatic rings. The van der Waals surface area contributed by atoms with E-state index in [1.807, 2.05) is 0 Å². The predicted molar refractivity (Wildman–Crippen MR) is 76.2 cm³/mol. The van der Waals surface area contributed by atoms with Crippen LogP contribution >= 0.6 is 0 Å². The van der Waals surface area contributed by atoms with Crippen molar-refractivity contribution in [1.29, 1.82) is 5.26 Å². The summed E-state index contributed by atoms with van der Waals surface area (Å²) < 4.78 is 5.37. The average molecular weight is 258 g/mol. The molecule has 1 aromatic rings. The van der Waals surface area contributed by atoms with E-state index in [2.05, 4.69) is 51.0 Å². The van der Waals surface area contributed by atoms with Gasteiger partial charge >= 0.3 is 0 Å². The summed E-state index contributed by atoms with van der Waals surface area (Å²) in [4.78, 5) is 2.17. The lowest BCUT2D eigenvalue weighted by molar-refractivity contribution is 0.231. The summed E-state index contributed by atoms with van der Waals surface area (Å²) in [7, 11) is 5.81. The minimum Gasteiger partial charge on any atom is -0.496 e. The summed E-state index contributed by atoms with van der Waals surface area (Å²) in [6.07, 6.45) is 1.99. The van der Waals surface area contributed by atoms with Gasteiger partial charge in [0, 0.05) is 0 Å². The minimum atomic E-state index is -0.199. The summed E-state index contributed by atoms with van der Waals surface area (Å²) >= 11 is 0. The third-order valence-electron chi connectivity index (χ3n) is 4.13. The number of nitriles is 1. The van der Waals surface area contributed by atoms with Crippen molar-refractivity contribution in [2.24, 2.45) is 5.41 Å². The van der Waals surface area contributed by atoms with Gasteiger partial charge in [0.15, 0.2) is 0 Å². The first-order valence-corrected chi connectivity index (χ1v) is 6.68. The first-order valence-electron chi connectivity index (χ1n) is 6.68. The molecule has 1 fully saturated rings. The minimum absolute atomic E-state index is 0.169. The van der Waals surface area contributed by atoms with Crippen LogP contribution in [0.5, 0.6) is 5.75 Å². The van der Waals surface area contributed by atoms with E-state index >= 15 is 0 Å². The molecule has 0 bridgehead atoms. The van der Waals surface area contributed by atoms with Crippen LogP contribution < -0.4 is 4.74 Å². The Labute approximate surface area is 115 Å². The largest absolute Gasteiger partial charge is 0.496 e. The maximum Gasteiger partial charge on any atom is 0.122 e. The second kappa shape index (κ2) is 4.86. The molecular formula is C16H22N2O. The van der Waals surface area contributed by atoms with Crippen LogP contribution in [0.2, 0.25) is 0 Å². The summed E-state index contributed by atoms with van der Waals surface area (Å²) in [5.41, 5.74) is 3.38. The molecular weight excluding hydrogens is 236 g/mol. The number of rotatable bonds is 4. The Kier molecular flexibility index (Phi) is 3.56. The molecule has 0 aliphatic heterocycles. The molecule has 1 saturated carbocycles. The van der Waals surface area contributed by atoms with Crippen LogP contribution in [0, 0.1) is 30.6 Å². The lowest BCUT2D eigenvalue weighted by Crippen LogP contribution is -2.28. The van der Waals surface area contributed by atoms with Gasteiger partial charge in [0.1, 0.15) is 5.75 Å². The zero-order valence-electron chi connectivity index (χ0n) is 12.4. The van der Waals surface area contributed by atoms with Crippen molar-refractivity contribution in [3.8, 4) is 11.8 Å². The fourth-order valence-corrected chi connectivity index (χ4v) is 2.98. The van der Waals surface area contributed by atoms with Crippen LogP contribution in [0.4, 0.5) is 0 Å². The fourth-order valence-electron chi connectivity index (χ4n) is 2.98. The standard InChI is InChI=1S/C16H22N2O/c1-11-9-14(19-5)12(2)8-13(11)15(18(3)4)16(10-17)6-7-16/h8-9,15H,6-7H2,1-5H3. The van der Waals surface area contributed by atoms with Crippen molar-refractivity contribution in [3.05, 3.63) is 28.8 Å². The summed E-state index contributed by atoms with van der Waals surface area (Å²) in [6, 6.07) is 6.96. The lowest BCUT2D eigenvalue weighted by Gasteiger charge is -2.30. The van der Waals surface area contributed by atoms with Crippen LogP contribution in [0.25, 0.3) is 0 Å². The highest BCUT2D eigenvalue weighted by Crippen LogP contribution is 2.57. The van der Waals surface area contributed by atoms with Gasteiger partial charge in [-0.1, -0.05) is 6.07 Å². The molecule has 102 valence electrons. The number of nitrogens with zero attached hydrogens (tertiary/aromatic N) is 2. The molecule has 1 unspecified atom stereocenters. The molecule has 1 aliphatic carbocycles. The third-order valence-corrected chi connectivity index (χ3v) is 4.13. The highest BCUT2D eigenvalue weighted by atomic mass is 16.5. The Morgan fingerprint density at radius 1 is 1.26 bits per heavy atom. The quantitative estimate of drug-likeness (QED) is 0.832. The van der Waals surface area contributed by atoms with Crippen molar-refractivity contribution in [2.75, 3.05) is 21.2 Å². The second-order valence-electron chi connectivity index (χ2n) is 5.81. The van der Waals surface area contributed by atoms with Crippen molar-refractivity contribution >= 4 is 0 Å². The van der Waals surface area contributed by atoms with Gasteiger partial charge in [-0.05, 0) is 63.5 Å². The Morgan fingerprint density at radius 2 is 1.89 bits per heavy atom. The molecule has 0 amide bonds. The van der Waals surface area contributed by atoms with Gasteiger partial charge in [-0.2, -0.15) is 5.26 Å². The Bertz CT molecular complexity index is 524. The molecule has 2 rings (SSSR count). The van der Waals surface area contributed by atoms with E-state index in [-0.39, 0.29) is 11.5 Å². The van der Waals surface area contributed by atoms with E-state index in [9.17, 15) is 5.26 Å². The predicted octanol–water partition coefficient (Wildman–Crippen LogP) is 3.22. The normalized spacial score (nSPS) is 17.9. The Balaban J connectivity index is 2.50. The van der Waals surface area contributed by atoms with Gasteiger partial charge in [-0.15, -0.1) is 0 Å². The van der Waals surface area contributed by atoms with Crippen molar-refractivity contribution < 1.29 is 4.74 Å². The topological polar surface area (TPSA) is 36.3 Å². The number of aryl methyl sites for hydroxylation is 2. The summed E-state index contributed by atoms with van der Waals surface area (Å²) in [5, 5.41) is 9.50. The van der Waals surface area contributed by atoms with E-state index in [1.165, 1.54) is 11.1 Å². The van der Waals surface area contributed by atoms with Gasteiger partial charge < -0.3 is 9.64 Å². The molecule has 0 heterocycles. The lowest BCUT2D eigenvalue weighted by atomic mass is 9.86. The van der Waals surface area contributed by atoms with E-state index in [4.69, 9.17) is 4.74 Å². The number of methoxy groups -OCH3 is 1. The number of hydrogen-bond donors (Lipinski definition) is 0. The number of hydrogen-bond acceptors (Lipinski definition) is 3. The van der Waals surface area contributed by atoms with Crippen LogP contribution in [-0.2, 0) is 0 Å². The van der Waals surface area contributed by atoms with Crippen LogP contribution in [-0.4, -0.2) is 26.1 Å². The second-order valence-corrected chi connectivity index (χ2v) is 5.81. The molecule has 0 radical (unpaired) electrons. The Hall–Kier alpha value is -1.53. The zero-order chi connectivity index (χ0) is 14.2. The van der Waals surface area contributed by atoms with Crippen molar-refractivity contribution in [1.82, 2.24) is 4.90 Å². The maximum absolute atomic E-state index is 9.50. The van der Waals surface area contributed by atoms with Gasteiger partial charge in [0.05, 0.1) is 24.6 Å². The highest BCUT2D eigenvalue weighted by Gasteiger charge is 2.52. The van der Waals surface area contributed by atoms with Gasteiger partial charge in [0.25, 0.3) is 0 Å². The molecule has 1 aromatic carbocycles. The zero-order valence-corrected chi connectivity index (χ0v) is 12.4. The molecule has 3 heteroatoms. The van der Waals surface area contributed by atoms with Gasteiger partial charge in [-0.3, -0.25) is 0 Å². The maximum atomic E-state index is 9.50. The van der Waals surface area contributed by atoms with Crippen LogP contribution in [0.3, 0.4) is 0 Å². The van der Waals surface area contributed by atoms with Crippen molar-refractivity contribution in [2.45, 2.75) is 32.7 Å². The summed E-state index contributed by atoms with van der Waals surface area (Å²) in [5.74, 6) is 0.917. The number of ether oxygens (including phenoxy) is 1. The van der Waals surface area contributed by atoms with Crippen LogP contribution in [0.1, 0.15) is 35.6 Å². The smallest absolute Gasteiger partial charge is 0.122 e. The van der Waals surface area contributed by atoms with Crippen LogP contribution in [0.15, 0.2) is 12.1 Å². The average Bonchev–Trinajstić information content (AvgIpc) is 3.14. The van der Waals surface area contributed by atoms with E-state index in [0.29, 0.717) is 0 Å². The number of benzene rings is 1. The molecule has 19 heavy (non-hydrogen) atoms. The van der Waals surface area contributed by atoms with Gasteiger partial charge in [-0.25, -0.2) is 0 Å². The molecule has 1 atom stereocenters. The van der Waals surface area contributed by atoms with E-state index in [0.717, 1.165) is 24.2 Å².